The van der Waals surface area contributed by atoms with Crippen molar-refractivity contribution in [1.29, 1.82) is 0 Å². The van der Waals surface area contributed by atoms with Crippen molar-refractivity contribution in [2.24, 2.45) is 5.73 Å². The van der Waals surface area contributed by atoms with E-state index in [9.17, 15) is 4.79 Å². The van der Waals surface area contributed by atoms with E-state index in [0.717, 1.165) is 16.8 Å². The molecule has 2 aromatic carbocycles. The molecule has 0 aliphatic rings. The summed E-state index contributed by atoms with van der Waals surface area (Å²) < 4.78 is 5.46. The van der Waals surface area contributed by atoms with Crippen LogP contribution in [-0.4, -0.2) is 12.5 Å². The lowest BCUT2D eigenvalue weighted by atomic mass is 10.1. The van der Waals surface area contributed by atoms with Crippen molar-refractivity contribution in [2.75, 3.05) is 11.9 Å². The van der Waals surface area contributed by atoms with E-state index >= 15 is 0 Å². The van der Waals surface area contributed by atoms with Crippen molar-refractivity contribution in [3.05, 3.63) is 65.2 Å². The maximum Gasteiger partial charge on any atom is 0.248 e. The first-order chi connectivity index (χ1) is 10.2. The van der Waals surface area contributed by atoms with Crippen LogP contribution in [0.1, 0.15) is 28.4 Å². The van der Waals surface area contributed by atoms with Gasteiger partial charge in [-0.2, -0.15) is 0 Å². The van der Waals surface area contributed by atoms with Crippen LogP contribution >= 0.6 is 0 Å². The number of amides is 1. The molecular formula is C17H20N2O2. The van der Waals surface area contributed by atoms with Crippen LogP contribution in [0.3, 0.4) is 0 Å². The summed E-state index contributed by atoms with van der Waals surface area (Å²) >= 11 is 0. The van der Waals surface area contributed by atoms with E-state index in [-0.39, 0.29) is 0 Å². The predicted octanol–water partition coefficient (Wildman–Crippen LogP) is 2.93. The number of nitrogens with two attached hydrogens (primary N) is 1. The molecule has 3 N–H and O–H groups in total. The average Bonchev–Trinajstić information content (AvgIpc) is 2.52. The van der Waals surface area contributed by atoms with Crippen LogP contribution in [0.25, 0.3) is 0 Å². The third-order valence-electron chi connectivity index (χ3n) is 3.20. The van der Waals surface area contributed by atoms with Crippen molar-refractivity contribution >= 4 is 11.6 Å². The molecule has 0 bridgehead atoms. The summed E-state index contributed by atoms with van der Waals surface area (Å²) in [6, 6.07) is 15.4. The van der Waals surface area contributed by atoms with E-state index in [1.54, 1.807) is 12.1 Å². The summed E-state index contributed by atoms with van der Waals surface area (Å²) in [6.07, 6.45) is 0. The topological polar surface area (TPSA) is 64.3 Å². The Kier molecular flexibility index (Phi) is 5.35. The van der Waals surface area contributed by atoms with Gasteiger partial charge in [0.1, 0.15) is 0 Å². The normalized spacial score (nSPS) is 10.3. The molecule has 0 aromatic heterocycles. The van der Waals surface area contributed by atoms with Crippen LogP contribution in [0.4, 0.5) is 5.69 Å². The summed E-state index contributed by atoms with van der Waals surface area (Å²) in [6.45, 7) is 3.96. The molecule has 0 aliphatic carbocycles. The third kappa shape index (κ3) is 4.33. The minimum absolute atomic E-state index is 0.406. The first kappa shape index (κ1) is 15.1. The van der Waals surface area contributed by atoms with Crippen LogP contribution in [-0.2, 0) is 17.9 Å². The van der Waals surface area contributed by atoms with Crippen LogP contribution in [0.15, 0.2) is 48.5 Å². The van der Waals surface area contributed by atoms with E-state index < -0.39 is 5.91 Å². The zero-order valence-corrected chi connectivity index (χ0v) is 12.1. The Bertz CT molecular complexity index is 594. The highest BCUT2D eigenvalue weighted by molar-refractivity contribution is 5.92. The second-order valence-corrected chi connectivity index (χ2v) is 4.71. The van der Waals surface area contributed by atoms with Gasteiger partial charge in [0.2, 0.25) is 5.91 Å². The van der Waals surface area contributed by atoms with Crippen LogP contribution in [0, 0.1) is 0 Å². The van der Waals surface area contributed by atoms with Gasteiger partial charge in [0.05, 0.1) is 6.61 Å². The van der Waals surface area contributed by atoms with E-state index in [1.165, 1.54) is 0 Å². The molecule has 0 saturated heterocycles. The van der Waals surface area contributed by atoms with Gasteiger partial charge < -0.3 is 15.8 Å². The first-order valence-electron chi connectivity index (χ1n) is 6.99. The maximum atomic E-state index is 11.0. The molecule has 1 amide bonds. The molecule has 0 heterocycles. The van der Waals surface area contributed by atoms with E-state index in [0.29, 0.717) is 25.3 Å². The Hall–Kier alpha value is -2.33. The number of para-hydroxylation sites is 1. The first-order valence-corrected chi connectivity index (χ1v) is 6.99. The molecule has 0 atom stereocenters. The van der Waals surface area contributed by atoms with E-state index in [2.05, 4.69) is 5.32 Å². The fraction of sp³-hybridized carbons (Fsp3) is 0.235. The fourth-order valence-electron chi connectivity index (χ4n) is 2.01. The van der Waals surface area contributed by atoms with Crippen molar-refractivity contribution in [1.82, 2.24) is 0 Å². The number of carbonyl (C=O) groups excluding carboxylic acids is 1. The van der Waals surface area contributed by atoms with Gasteiger partial charge in [-0.15, -0.1) is 0 Å². The number of carbonyl (C=O) groups is 1. The number of benzene rings is 2. The highest BCUT2D eigenvalue weighted by Crippen LogP contribution is 2.17. The average molecular weight is 284 g/mol. The summed E-state index contributed by atoms with van der Waals surface area (Å²) in [4.78, 5) is 11.0. The minimum Gasteiger partial charge on any atom is -0.381 e. The molecule has 0 spiro atoms. The molecular weight excluding hydrogens is 264 g/mol. The summed E-state index contributed by atoms with van der Waals surface area (Å²) in [5.41, 5.74) is 9.03. The molecule has 2 aromatic rings. The lowest BCUT2D eigenvalue weighted by molar-refractivity contribution is 0.100. The van der Waals surface area contributed by atoms with Crippen LogP contribution in [0.2, 0.25) is 0 Å². The Morgan fingerprint density at radius 3 is 2.52 bits per heavy atom. The van der Waals surface area contributed by atoms with Gasteiger partial charge in [0.15, 0.2) is 0 Å². The Labute approximate surface area is 124 Å². The summed E-state index contributed by atoms with van der Waals surface area (Å²) in [5.74, 6) is -0.406. The molecule has 110 valence electrons. The Balaban J connectivity index is 2.00. The minimum atomic E-state index is -0.406. The quantitative estimate of drug-likeness (QED) is 0.821. The number of ether oxygens (including phenoxy) is 1. The Morgan fingerprint density at radius 2 is 1.86 bits per heavy atom. The van der Waals surface area contributed by atoms with Gasteiger partial charge in [-0.05, 0) is 30.7 Å². The number of primary amides is 1. The SMILES string of the molecule is CCOCc1ccccc1NCc1ccc(C(N)=O)cc1. The van der Waals surface area contributed by atoms with Crippen molar-refractivity contribution in [3.8, 4) is 0 Å². The zero-order chi connectivity index (χ0) is 15.1. The highest BCUT2D eigenvalue weighted by atomic mass is 16.5. The smallest absolute Gasteiger partial charge is 0.248 e. The number of hydrogen-bond acceptors (Lipinski definition) is 3. The largest absolute Gasteiger partial charge is 0.381 e. The van der Waals surface area contributed by atoms with Crippen molar-refractivity contribution < 1.29 is 9.53 Å². The second kappa shape index (κ2) is 7.45. The predicted molar refractivity (Wildman–Crippen MR) is 84.1 cm³/mol. The molecule has 0 unspecified atom stereocenters. The summed E-state index contributed by atoms with van der Waals surface area (Å²) in [5, 5.41) is 3.39. The molecule has 0 aliphatic heterocycles. The number of nitrogens with one attached hydrogen (secondary N) is 1. The van der Waals surface area contributed by atoms with Crippen LogP contribution < -0.4 is 11.1 Å². The molecule has 0 radical (unpaired) electrons. The molecule has 4 nitrogen and oxygen atoms in total. The second-order valence-electron chi connectivity index (χ2n) is 4.71. The van der Waals surface area contributed by atoms with E-state index in [1.807, 2.05) is 43.3 Å². The Morgan fingerprint density at radius 1 is 1.14 bits per heavy atom. The molecule has 0 fully saturated rings. The summed E-state index contributed by atoms with van der Waals surface area (Å²) in [7, 11) is 0. The number of anilines is 1. The molecule has 0 saturated carbocycles. The van der Waals surface area contributed by atoms with Crippen molar-refractivity contribution in [2.45, 2.75) is 20.1 Å². The maximum absolute atomic E-state index is 11.0. The number of rotatable bonds is 7. The highest BCUT2D eigenvalue weighted by Gasteiger charge is 2.03. The lowest BCUT2D eigenvalue weighted by Crippen LogP contribution is -2.11. The fourth-order valence-corrected chi connectivity index (χ4v) is 2.01. The molecule has 4 heteroatoms. The van der Waals surface area contributed by atoms with Crippen molar-refractivity contribution in [3.63, 3.8) is 0 Å². The van der Waals surface area contributed by atoms with Gasteiger partial charge in [0.25, 0.3) is 0 Å². The standard InChI is InChI=1S/C17H20N2O2/c1-2-21-12-15-5-3-4-6-16(15)19-11-13-7-9-14(10-8-13)17(18)20/h3-10,19H,2,11-12H2,1H3,(H2,18,20). The van der Waals surface area contributed by atoms with Gasteiger partial charge in [-0.1, -0.05) is 30.3 Å². The van der Waals surface area contributed by atoms with Gasteiger partial charge in [0, 0.05) is 30.0 Å². The van der Waals surface area contributed by atoms with E-state index in [4.69, 9.17) is 10.5 Å². The zero-order valence-electron chi connectivity index (χ0n) is 12.1. The monoisotopic (exact) mass is 284 g/mol. The van der Waals surface area contributed by atoms with Gasteiger partial charge >= 0.3 is 0 Å². The third-order valence-corrected chi connectivity index (χ3v) is 3.20. The van der Waals surface area contributed by atoms with Crippen LogP contribution in [0.5, 0.6) is 0 Å². The number of hydrogen-bond donors (Lipinski definition) is 2. The van der Waals surface area contributed by atoms with Gasteiger partial charge in [-0.25, -0.2) is 0 Å². The van der Waals surface area contributed by atoms with Gasteiger partial charge in [-0.3, -0.25) is 4.79 Å². The lowest BCUT2D eigenvalue weighted by Gasteiger charge is -2.12. The molecule has 21 heavy (non-hydrogen) atoms. The molecule has 2 rings (SSSR count).